The van der Waals surface area contributed by atoms with Crippen molar-refractivity contribution in [3.8, 4) is 0 Å². The molecule has 2 fully saturated rings. The standard InChI is InChI=1S/C19H38N4O3.C18H37N4O3P/c1-11-9-16(23(8)15(5)12(11)2)19(26)21-14(4)18(25)20-13(3)17(24)10-22(6)7;1-10-8-15(22(26)14(5)11(10)2)18(25)20-13(4)17(24)19-12(3)16(23)9-21(6)7/h11-17,24H,9-10H2,1-8H3,(H,20,25)(H,21,26);10-16,23H,8-9,26H2,1-7H3,(H,19,24)(H,20,25). The molecule has 2 aliphatic rings. The number of likely N-dealkylation sites (N-methyl/N-ethyl adjacent to an activating group) is 3. The average molecular weight is 759 g/mol. The quantitative estimate of drug-likeness (QED) is 0.139. The van der Waals surface area contributed by atoms with E-state index in [1.165, 1.54) is 0 Å². The van der Waals surface area contributed by atoms with E-state index in [1.807, 2.05) is 49.7 Å². The first-order valence-corrected chi connectivity index (χ1v) is 19.5. The lowest BCUT2D eigenvalue weighted by molar-refractivity contribution is -0.134. The van der Waals surface area contributed by atoms with Crippen LogP contribution in [0.2, 0.25) is 0 Å². The monoisotopic (exact) mass is 759 g/mol. The fourth-order valence-corrected chi connectivity index (χ4v) is 7.35. The van der Waals surface area contributed by atoms with Gasteiger partial charge in [-0.3, -0.25) is 28.7 Å². The Kier molecular flexibility index (Phi) is 20.2. The smallest absolute Gasteiger partial charge is 0.242 e. The van der Waals surface area contributed by atoms with Crippen molar-refractivity contribution in [1.82, 2.24) is 40.6 Å². The number of hydrogen-bond acceptors (Lipinski definition) is 10. The van der Waals surface area contributed by atoms with Gasteiger partial charge in [0.1, 0.15) is 12.1 Å². The molecule has 0 aliphatic carbocycles. The topological polar surface area (TPSA) is 170 Å². The van der Waals surface area contributed by atoms with Gasteiger partial charge in [-0.05, 0) is 113 Å². The van der Waals surface area contributed by atoms with E-state index in [9.17, 15) is 29.4 Å². The Balaban J connectivity index is 0.000000520. The van der Waals surface area contributed by atoms with Crippen molar-refractivity contribution in [2.24, 2.45) is 23.7 Å². The minimum Gasteiger partial charge on any atom is -0.390 e. The summed E-state index contributed by atoms with van der Waals surface area (Å²) in [4.78, 5) is 55.9. The molecule has 6 N–H and O–H groups in total. The normalized spacial score (nSPS) is 30.5. The van der Waals surface area contributed by atoms with Crippen LogP contribution in [0.15, 0.2) is 0 Å². The van der Waals surface area contributed by atoms with Gasteiger partial charge in [0.15, 0.2) is 0 Å². The molecule has 15 atom stereocenters. The van der Waals surface area contributed by atoms with Crippen LogP contribution in [0, 0.1) is 23.7 Å². The minimum absolute atomic E-state index is 0.109. The molecule has 0 bridgehead atoms. The van der Waals surface area contributed by atoms with Crippen molar-refractivity contribution in [3.05, 3.63) is 0 Å². The van der Waals surface area contributed by atoms with E-state index in [0.717, 1.165) is 12.8 Å². The molecule has 2 heterocycles. The van der Waals surface area contributed by atoms with Gasteiger partial charge < -0.3 is 41.3 Å². The number of piperidine rings is 2. The molecule has 15 heteroatoms. The number of carbonyl (C=O) groups is 4. The van der Waals surface area contributed by atoms with Crippen molar-refractivity contribution < 1.29 is 29.4 Å². The summed E-state index contributed by atoms with van der Waals surface area (Å²) in [5, 5.41) is 31.4. The van der Waals surface area contributed by atoms with Gasteiger partial charge in [-0.1, -0.05) is 37.1 Å². The van der Waals surface area contributed by atoms with Crippen LogP contribution in [-0.4, -0.2) is 162 Å². The molecule has 2 rings (SSSR count). The Hall–Kier alpha value is -1.93. The number of rotatable bonds is 14. The van der Waals surface area contributed by atoms with Gasteiger partial charge in [0, 0.05) is 25.2 Å². The van der Waals surface area contributed by atoms with Gasteiger partial charge >= 0.3 is 0 Å². The van der Waals surface area contributed by atoms with E-state index < -0.39 is 30.3 Å². The molecule has 304 valence electrons. The molecule has 15 unspecified atom stereocenters. The van der Waals surface area contributed by atoms with Crippen molar-refractivity contribution in [2.45, 2.75) is 143 Å². The van der Waals surface area contributed by atoms with Crippen LogP contribution in [0.5, 0.6) is 0 Å². The SMILES string of the molecule is CC(NC(=O)C1CC(C)C(C)C(C)N1C)C(=O)NC(C)C(O)CN(C)C.CC(NC(=O)C1CC(C)C(C)C(C)N1P)C(=O)NC(C)C(O)CN(C)C. The first-order chi connectivity index (χ1) is 23.9. The number of likely N-dealkylation sites (tertiary alicyclic amines) is 1. The van der Waals surface area contributed by atoms with Crippen molar-refractivity contribution in [1.29, 1.82) is 0 Å². The van der Waals surface area contributed by atoms with E-state index in [2.05, 4.69) is 77.1 Å². The molecule has 4 amide bonds. The van der Waals surface area contributed by atoms with E-state index in [0.29, 0.717) is 42.8 Å². The Morgan fingerprint density at radius 1 is 0.654 bits per heavy atom. The number of amides is 4. The first kappa shape index (κ1) is 48.1. The van der Waals surface area contributed by atoms with E-state index in [-0.39, 0.29) is 47.8 Å². The number of aliphatic hydroxyl groups is 2. The van der Waals surface area contributed by atoms with Gasteiger partial charge in [-0.25, -0.2) is 0 Å². The Morgan fingerprint density at radius 2 is 1.00 bits per heavy atom. The predicted molar refractivity (Wildman–Crippen MR) is 211 cm³/mol. The third kappa shape index (κ3) is 14.4. The van der Waals surface area contributed by atoms with Crippen molar-refractivity contribution in [2.75, 3.05) is 48.3 Å². The molecule has 14 nitrogen and oxygen atoms in total. The van der Waals surface area contributed by atoms with Crippen molar-refractivity contribution in [3.63, 3.8) is 0 Å². The third-order valence-corrected chi connectivity index (χ3v) is 12.4. The zero-order valence-corrected chi connectivity index (χ0v) is 36.0. The third-order valence-electron chi connectivity index (χ3n) is 11.6. The first-order valence-electron chi connectivity index (χ1n) is 19.0. The summed E-state index contributed by atoms with van der Waals surface area (Å²) in [5.74, 6) is 1.14. The predicted octanol–water partition coefficient (Wildman–Crippen LogP) is 0.727. The highest BCUT2D eigenvalue weighted by atomic mass is 31.0. The van der Waals surface area contributed by atoms with E-state index >= 15 is 0 Å². The molecule has 0 aromatic carbocycles. The fraction of sp³-hybridized carbons (Fsp3) is 0.892. The Bertz CT molecular complexity index is 1060. The molecular formula is C37H75N8O6P. The number of carbonyl (C=O) groups excluding carboxylic acids is 4. The summed E-state index contributed by atoms with van der Waals surface area (Å²) in [6.07, 6.45) is 0.234. The van der Waals surface area contributed by atoms with Crippen LogP contribution >= 0.6 is 9.39 Å². The number of hydrogen-bond donors (Lipinski definition) is 6. The molecule has 0 aromatic heterocycles. The second-order valence-corrected chi connectivity index (χ2v) is 17.1. The molecule has 0 spiro atoms. The second-order valence-electron chi connectivity index (χ2n) is 16.5. The maximum atomic E-state index is 12.7. The van der Waals surface area contributed by atoms with E-state index in [4.69, 9.17) is 0 Å². The van der Waals surface area contributed by atoms with Gasteiger partial charge in [-0.2, -0.15) is 0 Å². The lowest BCUT2D eigenvalue weighted by atomic mass is 9.79. The average Bonchev–Trinajstić information content (AvgIpc) is 3.05. The largest absolute Gasteiger partial charge is 0.390 e. The minimum atomic E-state index is -0.666. The molecule has 0 aromatic rings. The zero-order valence-electron chi connectivity index (χ0n) is 34.8. The van der Waals surface area contributed by atoms with Gasteiger partial charge in [-0.15, -0.1) is 0 Å². The zero-order chi connectivity index (χ0) is 40.4. The summed E-state index contributed by atoms with van der Waals surface area (Å²) < 4.78 is 2.02. The van der Waals surface area contributed by atoms with E-state index in [1.54, 1.807) is 27.7 Å². The summed E-state index contributed by atoms with van der Waals surface area (Å²) in [5.41, 5.74) is 0. The van der Waals surface area contributed by atoms with Crippen molar-refractivity contribution >= 4 is 33.0 Å². The lowest BCUT2D eigenvalue weighted by Gasteiger charge is -2.44. The molecule has 0 saturated carbocycles. The highest BCUT2D eigenvalue weighted by molar-refractivity contribution is 7.13. The number of aliphatic hydroxyl groups excluding tert-OH is 2. The Morgan fingerprint density at radius 3 is 1.38 bits per heavy atom. The molecular weight excluding hydrogens is 683 g/mol. The van der Waals surface area contributed by atoms with Crippen LogP contribution in [0.4, 0.5) is 0 Å². The van der Waals surface area contributed by atoms with Gasteiger partial charge in [0.25, 0.3) is 0 Å². The van der Waals surface area contributed by atoms with Crippen LogP contribution < -0.4 is 21.3 Å². The molecule has 52 heavy (non-hydrogen) atoms. The van der Waals surface area contributed by atoms with Crippen LogP contribution in [-0.2, 0) is 19.2 Å². The van der Waals surface area contributed by atoms with Gasteiger partial charge in [0.05, 0.1) is 36.4 Å². The lowest BCUT2D eigenvalue weighted by Crippen LogP contribution is -2.59. The Labute approximate surface area is 317 Å². The molecule has 0 radical (unpaired) electrons. The number of nitrogens with one attached hydrogen (secondary N) is 4. The second kappa shape index (κ2) is 21.8. The van der Waals surface area contributed by atoms with Gasteiger partial charge in [0.2, 0.25) is 23.6 Å². The fourth-order valence-electron chi connectivity index (χ4n) is 6.82. The van der Waals surface area contributed by atoms with Crippen LogP contribution in [0.3, 0.4) is 0 Å². The summed E-state index contributed by atoms with van der Waals surface area (Å²) >= 11 is 0. The highest BCUT2D eigenvalue weighted by Gasteiger charge is 2.40. The molecule has 2 saturated heterocycles. The maximum Gasteiger partial charge on any atom is 0.242 e. The highest BCUT2D eigenvalue weighted by Crippen LogP contribution is 2.35. The summed E-state index contributed by atoms with van der Waals surface area (Å²) in [7, 11) is 12.1. The summed E-state index contributed by atoms with van der Waals surface area (Å²) in [6.45, 7) is 20.8. The van der Waals surface area contributed by atoms with Crippen LogP contribution in [0.1, 0.15) is 82.1 Å². The number of nitrogens with zero attached hydrogens (tertiary/aromatic N) is 4. The maximum absolute atomic E-state index is 12.7. The summed E-state index contributed by atoms with van der Waals surface area (Å²) in [6, 6.07) is -1.95. The van der Waals surface area contributed by atoms with Crippen LogP contribution in [0.25, 0.3) is 0 Å². The molecule has 2 aliphatic heterocycles.